The highest BCUT2D eigenvalue weighted by Gasteiger charge is 2.21. The Kier molecular flexibility index (Phi) is 7.46. The monoisotopic (exact) mass is 342 g/mol. The van der Waals surface area contributed by atoms with E-state index in [9.17, 15) is 9.59 Å². The van der Waals surface area contributed by atoms with E-state index in [4.69, 9.17) is 9.84 Å². The van der Waals surface area contributed by atoms with Crippen molar-refractivity contribution in [2.24, 2.45) is 0 Å². The van der Waals surface area contributed by atoms with Gasteiger partial charge in [0.2, 0.25) is 5.91 Å². The zero-order chi connectivity index (χ0) is 17.9. The summed E-state index contributed by atoms with van der Waals surface area (Å²) in [6, 6.07) is 17.9. The Morgan fingerprint density at radius 2 is 1.56 bits per heavy atom. The molecule has 2 aromatic carbocycles. The lowest BCUT2D eigenvalue weighted by atomic mass is 10.1. The van der Waals surface area contributed by atoms with Gasteiger partial charge >= 0.3 is 6.09 Å². The number of aliphatic hydroxyl groups excluding tert-OH is 1. The molecule has 0 saturated carbocycles. The molecule has 6 nitrogen and oxygen atoms in total. The van der Waals surface area contributed by atoms with Crippen molar-refractivity contribution in [3.05, 3.63) is 71.8 Å². The molecule has 3 N–H and O–H groups in total. The van der Waals surface area contributed by atoms with E-state index in [2.05, 4.69) is 10.6 Å². The largest absolute Gasteiger partial charge is 0.445 e. The molecular weight excluding hydrogens is 320 g/mol. The molecule has 1 atom stereocenters. The van der Waals surface area contributed by atoms with Gasteiger partial charge in [0.1, 0.15) is 12.6 Å². The molecule has 0 radical (unpaired) electrons. The van der Waals surface area contributed by atoms with Gasteiger partial charge in [-0.05, 0) is 11.1 Å². The Labute approximate surface area is 146 Å². The fraction of sp³-hybridized carbons (Fsp3) is 0.263. The molecule has 0 aromatic heterocycles. The van der Waals surface area contributed by atoms with E-state index in [1.165, 1.54) is 0 Å². The second-order valence-corrected chi connectivity index (χ2v) is 5.46. The van der Waals surface area contributed by atoms with E-state index < -0.39 is 12.1 Å². The number of hydrogen-bond acceptors (Lipinski definition) is 4. The van der Waals surface area contributed by atoms with E-state index >= 15 is 0 Å². The van der Waals surface area contributed by atoms with E-state index in [1.54, 1.807) is 0 Å². The van der Waals surface area contributed by atoms with Gasteiger partial charge < -0.3 is 20.5 Å². The maximum atomic E-state index is 12.2. The molecule has 25 heavy (non-hydrogen) atoms. The highest BCUT2D eigenvalue weighted by atomic mass is 16.5. The van der Waals surface area contributed by atoms with E-state index in [1.807, 2.05) is 60.7 Å². The van der Waals surface area contributed by atoms with E-state index in [-0.39, 0.29) is 25.7 Å². The van der Waals surface area contributed by atoms with Crippen LogP contribution in [0.4, 0.5) is 4.79 Å². The highest BCUT2D eigenvalue weighted by molar-refractivity contribution is 5.85. The first-order valence-corrected chi connectivity index (χ1v) is 8.08. The fourth-order valence-corrected chi connectivity index (χ4v) is 2.27. The number of amides is 2. The molecular formula is C19H22N2O4. The number of aliphatic hydroxyl groups is 1. The zero-order valence-corrected chi connectivity index (χ0v) is 13.9. The van der Waals surface area contributed by atoms with Gasteiger partial charge in [-0.25, -0.2) is 4.79 Å². The molecule has 0 aliphatic rings. The van der Waals surface area contributed by atoms with Crippen LogP contribution in [0.15, 0.2) is 60.7 Å². The molecule has 0 unspecified atom stereocenters. The molecule has 132 valence electrons. The van der Waals surface area contributed by atoms with Crippen molar-refractivity contribution in [1.82, 2.24) is 10.6 Å². The summed E-state index contributed by atoms with van der Waals surface area (Å²) in [5.74, 6) is -0.366. The quantitative estimate of drug-likeness (QED) is 0.680. The third-order valence-electron chi connectivity index (χ3n) is 3.52. The minimum Gasteiger partial charge on any atom is -0.445 e. The van der Waals surface area contributed by atoms with Crippen molar-refractivity contribution in [2.75, 3.05) is 13.2 Å². The Morgan fingerprint density at radius 3 is 2.16 bits per heavy atom. The topological polar surface area (TPSA) is 87.7 Å². The Balaban J connectivity index is 1.94. The molecule has 0 spiro atoms. The van der Waals surface area contributed by atoms with Crippen LogP contribution in [0.1, 0.15) is 11.1 Å². The number of carbonyl (C=O) groups excluding carboxylic acids is 2. The maximum Gasteiger partial charge on any atom is 0.408 e. The lowest BCUT2D eigenvalue weighted by Crippen LogP contribution is -2.48. The summed E-state index contributed by atoms with van der Waals surface area (Å²) in [4.78, 5) is 24.3. The smallest absolute Gasteiger partial charge is 0.408 e. The first kappa shape index (κ1) is 18.5. The molecule has 0 heterocycles. The lowest BCUT2D eigenvalue weighted by Gasteiger charge is -2.18. The number of ether oxygens (including phenoxy) is 1. The van der Waals surface area contributed by atoms with Crippen LogP contribution in [0.5, 0.6) is 0 Å². The minimum absolute atomic E-state index is 0.128. The van der Waals surface area contributed by atoms with Crippen molar-refractivity contribution in [3.63, 3.8) is 0 Å². The Morgan fingerprint density at radius 1 is 0.960 bits per heavy atom. The number of benzene rings is 2. The first-order chi connectivity index (χ1) is 12.2. The molecule has 0 saturated heterocycles. The first-order valence-electron chi connectivity index (χ1n) is 8.08. The zero-order valence-electron chi connectivity index (χ0n) is 13.9. The molecule has 0 bridgehead atoms. The van der Waals surface area contributed by atoms with Crippen molar-refractivity contribution in [2.45, 2.75) is 19.1 Å². The molecule has 0 aliphatic heterocycles. The molecule has 0 fully saturated rings. The summed E-state index contributed by atoms with van der Waals surface area (Å²) in [6.45, 7) is 0.0934. The average Bonchev–Trinajstić information content (AvgIpc) is 2.65. The van der Waals surface area contributed by atoms with Crippen LogP contribution in [-0.4, -0.2) is 36.3 Å². The van der Waals surface area contributed by atoms with Crippen molar-refractivity contribution in [3.8, 4) is 0 Å². The predicted octanol–water partition coefficient (Wildman–Crippen LogP) is 1.63. The van der Waals surface area contributed by atoms with Crippen molar-refractivity contribution >= 4 is 12.0 Å². The number of hydrogen-bond donors (Lipinski definition) is 3. The van der Waals surface area contributed by atoms with Gasteiger partial charge in [0.15, 0.2) is 0 Å². The molecule has 2 amide bonds. The van der Waals surface area contributed by atoms with Crippen LogP contribution in [0.3, 0.4) is 0 Å². The third-order valence-corrected chi connectivity index (χ3v) is 3.52. The van der Waals surface area contributed by atoms with Gasteiger partial charge in [0.05, 0.1) is 6.61 Å². The molecule has 6 heteroatoms. The summed E-state index contributed by atoms with van der Waals surface area (Å²) >= 11 is 0. The van der Waals surface area contributed by atoms with Crippen LogP contribution < -0.4 is 10.6 Å². The van der Waals surface area contributed by atoms with Gasteiger partial charge in [-0.3, -0.25) is 4.79 Å². The van der Waals surface area contributed by atoms with Gasteiger partial charge in [0, 0.05) is 13.0 Å². The van der Waals surface area contributed by atoms with Crippen LogP contribution in [-0.2, 0) is 22.6 Å². The SMILES string of the molecule is O=C(N[C@H](Cc1ccccc1)C(=O)NCCO)OCc1ccccc1. The second-order valence-electron chi connectivity index (χ2n) is 5.46. The molecule has 2 rings (SSSR count). The summed E-state index contributed by atoms with van der Waals surface area (Å²) in [5.41, 5.74) is 1.77. The van der Waals surface area contributed by atoms with Gasteiger partial charge in [-0.1, -0.05) is 60.7 Å². The standard InChI is InChI=1S/C19H22N2O4/c22-12-11-20-18(23)17(13-15-7-3-1-4-8-15)21-19(24)25-14-16-9-5-2-6-10-16/h1-10,17,22H,11-14H2,(H,20,23)(H,21,24)/t17-/m1/s1. The highest BCUT2D eigenvalue weighted by Crippen LogP contribution is 2.05. The summed E-state index contributed by atoms with van der Waals surface area (Å²) in [6.07, 6.45) is -0.331. The number of alkyl carbamates (subject to hydrolysis) is 1. The van der Waals surface area contributed by atoms with Gasteiger partial charge in [0.25, 0.3) is 0 Å². The Bertz CT molecular complexity index is 662. The van der Waals surface area contributed by atoms with Crippen LogP contribution in [0, 0.1) is 0 Å². The van der Waals surface area contributed by atoms with Crippen LogP contribution >= 0.6 is 0 Å². The maximum absolute atomic E-state index is 12.2. The minimum atomic E-state index is -0.780. The summed E-state index contributed by atoms with van der Waals surface area (Å²) in [7, 11) is 0. The van der Waals surface area contributed by atoms with Gasteiger partial charge in [-0.2, -0.15) is 0 Å². The van der Waals surface area contributed by atoms with Gasteiger partial charge in [-0.15, -0.1) is 0 Å². The number of carbonyl (C=O) groups is 2. The fourth-order valence-electron chi connectivity index (χ4n) is 2.27. The molecule has 0 aliphatic carbocycles. The van der Waals surface area contributed by atoms with Crippen LogP contribution in [0.2, 0.25) is 0 Å². The third kappa shape index (κ3) is 6.64. The second kappa shape index (κ2) is 10.1. The van der Waals surface area contributed by atoms with Crippen molar-refractivity contribution < 1.29 is 19.4 Å². The summed E-state index contributed by atoms with van der Waals surface area (Å²) in [5, 5.41) is 14.0. The molecule has 2 aromatic rings. The Hall–Kier alpha value is -2.86. The van der Waals surface area contributed by atoms with E-state index in [0.29, 0.717) is 6.42 Å². The average molecular weight is 342 g/mol. The van der Waals surface area contributed by atoms with Crippen molar-refractivity contribution in [1.29, 1.82) is 0 Å². The lowest BCUT2D eigenvalue weighted by molar-refractivity contribution is -0.123. The number of nitrogens with one attached hydrogen (secondary N) is 2. The number of rotatable bonds is 8. The van der Waals surface area contributed by atoms with E-state index in [0.717, 1.165) is 11.1 Å². The normalized spacial score (nSPS) is 11.4. The summed E-state index contributed by atoms with van der Waals surface area (Å²) < 4.78 is 5.17. The van der Waals surface area contributed by atoms with Crippen LogP contribution in [0.25, 0.3) is 0 Å². The predicted molar refractivity (Wildman–Crippen MR) is 93.8 cm³/mol.